The standard InChI is InChI=1S/C17H17NO2S2/c1-12(19)22-10-13-7-17(20)18(9-13)16-4-2-3-14(8-16)15-5-6-21-11-15/h2-6,8,11,13H,7,9-10H2,1H3. The van der Waals surface area contributed by atoms with Crippen molar-refractivity contribution in [1.29, 1.82) is 0 Å². The van der Waals surface area contributed by atoms with Crippen LogP contribution in [-0.2, 0) is 9.59 Å². The first-order chi connectivity index (χ1) is 10.6. The van der Waals surface area contributed by atoms with E-state index < -0.39 is 0 Å². The van der Waals surface area contributed by atoms with Crippen LogP contribution in [0.15, 0.2) is 41.1 Å². The quantitative estimate of drug-likeness (QED) is 0.848. The van der Waals surface area contributed by atoms with Gasteiger partial charge in [-0.2, -0.15) is 11.3 Å². The number of thiophene rings is 1. The smallest absolute Gasteiger partial charge is 0.227 e. The summed E-state index contributed by atoms with van der Waals surface area (Å²) in [6.45, 7) is 2.27. The fourth-order valence-corrected chi connectivity index (χ4v) is 4.02. The minimum absolute atomic E-state index is 0.116. The molecule has 1 aliphatic heterocycles. The van der Waals surface area contributed by atoms with Crippen molar-refractivity contribution in [3.8, 4) is 11.1 Å². The number of thioether (sulfide) groups is 1. The summed E-state index contributed by atoms with van der Waals surface area (Å²) in [7, 11) is 0. The summed E-state index contributed by atoms with van der Waals surface area (Å²) >= 11 is 2.98. The van der Waals surface area contributed by atoms with Crippen LogP contribution in [0.2, 0.25) is 0 Å². The molecule has 3 nitrogen and oxygen atoms in total. The van der Waals surface area contributed by atoms with Gasteiger partial charge in [-0.3, -0.25) is 9.59 Å². The van der Waals surface area contributed by atoms with Crippen LogP contribution in [0.5, 0.6) is 0 Å². The summed E-state index contributed by atoms with van der Waals surface area (Å²) < 4.78 is 0. The molecule has 1 atom stereocenters. The van der Waals surface area contributed by atoms with Gasteiger partial charge in [0.2, 0.25) is 5.91 Å². The number of hydrogen-bond donors (Lipinski definition) is 0. The molecular weight excluding hydrogens is 314 g/mol. The summed E-state index contributed by atoms with van der Waals surface area (Å²) in [5.74, 6) is 1.13. The van der Waals surface area contributed by atoms with Gasteiger partial charge in [0, 0.05) is 31.3 Å². The van der Waals surface area contributed by atoms with Crippen molar-refractivity contribution in [1.82, 2.24) is 0 Å². The van der Waals surface area contributed by atoms with Gasteiger partial charge in [0.1, 0.15) is 0 Å². The van der Waals surface area contributed by atoms with Gasteiger partial charge in [-0.1, -0.05) is 23.9 Å². The van der Waals surface area contributed by atoms with E-state index >= 15 is 0 Å². The van der Waals surface area contributed by atoms with Gasteiger partial charge in [0.25, 0.3) is 0 Å². The second-order valence-corrected chi connectivity index (χ2v) is 7.42. The van der Waals surface area contributed by atoms with Gasteiger partial charge < -0.3 is 4.90 Å². The molecule has 0 aliphatic carbocycles. The summed E-state index contributed by atoms with van der Waals surface area (Å²) in [6, 6.07) is 10.2. The monoisotopic (exact) mass is 331 g/mol. The first-order valence-electron chi connectivity index (χ1n) is 7.20. The van der Waals surface area contributed by atoms with E-state index in [2.05, 4.69) is 29.0 Å². The highest BCUT2D eigenvalue weighted by atomic mass is 32.2. The summed E-state index contributed by atoms with van der Waals surface area (Å²) in [6.07, 6.45) is 0.531. The fourth-order valence-electron chi connectivity index (χ4n) is 2.66. The topological polar surface area (TPSA) is 37.4 Å². The molecule has 1 fully saturated rings. The lowest BCUT2D eigenvalue weighted by Gasteiger charge is -2.17. The van der Waals surface area contributed by atoms with Gasteiger partial charge in [-0.15, -0.1) is 0 Å². The number of amides is 1. The fraction of sp³-hybridized carbons (Fsp3) is 0.294. The van der Waals surface area contributed by atoms with E-state index in [1.165, 1.54) is 17.3 Å². The van der Waals surface area contributed by atoms with Crippen molar-refractivity contribution in [2.24, 2.45) is 5.92 Å². The zero-order valence-electron chi connectivity index (χ0n) is 12.3. The average Bonchev–Trinajstić information content (AvgIpc) is 3.15. The lowest BCUT2D eigenvalue weighted by atomic mass is 10.1. The molecule has 0 N–H and O–H groups in total. The Balaban J connectivity index is 1.75. The molecule has 1 aromatic heterocycles. The number of benzene rings is 1. The number of carbonyl (C=O) groups is 2. The van der Waals surface area contributed by atoms with Crippen molar-refractivity contribution in [2.75, 3.05) is 17.2 Å². The summed E-state index contributed by atoms with van der Waals surface area (Å²) in [5.41, 5.74) is 3.26. The first-order valence-corrected chi connectivity index (χ1v) is 9.12. The maximum atomic E-state index is 12.3. The zero-order chi connectivity index (χ0) is 15.5. The second-order valence-electron chi connectivity index (χ2n) is 5.44. The minimum Gasteiger partial charge on any atom is -0.312 e. The normalized spacial score (nSPS) is 18.0. The Morgan fingerprint density at radius 3 is 2.95 bits per heavy atom. The van der Waals surface area contributed by atoms with Crippen LogP contribution in [0.4, 0.5) is 5.69 Å². The second kappa shape index (κ2) is 6.67. The highest BCUT2D eigenvalue weighted by molar-refractivity contribution is 8.13. The van der Waals surface area contributed by atoms with Crippen LogP contribution in [0, 0.1) is 5.92 Å². The lowest BCUT2D eigenvalue weighted by molar-refractivity contribution is -0.117. The van der Waals surface area contributed by atoms with Crippen LogP contribution in [-0.4, -0.2) is 23.3 Å². The molecule has 1 aliphatic rings. The molecule has 0 radical (unpaired) electrons. The SMILES string of the molecule is CC(=O)SCC1CC(=O)N(c2cccc(-c3ccsc3)c2)C1. The third-order valence-electron chi connectivity index (χ3n) is 3.74. The molecule has 3 rings (SSSR count). The average molecular weight is 331 g/mol. The zero-order valence-corrected chi connectivity index (χ0v) is 14.0. The number of carbonyl (C=O) groups excluding carboxylic acids is 2. The van der Waals surface area contributed by atoms with Crippen molar-refractivity contribution in [2.45, 2.75) is 13.3 Å². The Kier molecular flexibility index (Phi) is 4.64. The van der Waals surface area contributed by atoms with E-state index in [1.54, 1.807) is 18.3 Å². The molecule has 0 bridgehead atoms. The Hall–Kier alpha value is -1.59. The van der Waals surface area contributed by atoms with Gasteiger partial charge >= 0.3 is 0 Å². The summed E-state index contributed by atoms with van der Waals surface area (Å²) in [5, 5.41) is 4.28. The molecule has 1 saturated heterocycles. The Labute approximate surface area is 138 Å². The van der Waals surface area contributed by atoms with E-state index in [-0.39, 0.29) is 16.9 Å². The van der Waals surface area contributed by atoms with Crippen molar-refractivity contribution in [3.05, 3.63) is 41.1 Å². The number of anilines is 1. The van der Waals surface area contributed by atoms with Crippen LogP contribution >= 0.6 is 23.1 Å². The van der Waals surface area contributed by atoms with Crippen molar-refractivity contribution >= 4 is 39.8 Å². The minimum atomic E-state index is 0.116. The first kappa shape index (κ1) is 15.3. The van der Waals surface area contributed by atoms with Gasteiger partial charge in [-0.25, -0.2) is 0 Å². The molecule has 2 aromatic rings. The highest BCUT2D eigenvalue weighted by Crippen LogP contribution is 2.31. The van der Waals surface area contributed by atoms with E-state index in [4.69, 9.17) is 0 Å². The molecule has 0 saturated carbocycles. The number of nitrogens with zero attached hydrogens (tertiary/aromatic N) is 1. The van der Waals surface area contributed by atoms with E-state index in [0.29, 0.717) is 13.0 Å². The predicted octanol–water partition coefficient (Wildman–Crippen LogP) is 4.05. The third-order valence-corrected chi connectivity index (χ3v) is 5.47. The van der Waals surface area contributed by atoms with E-state index in [0.717, 1.165) is 17.0 Å². The van der Waals surface area contributed by atoms with Gasteiger partial charge in [-0.05, 0) is 46.0 Å². The van der Waals surface area contributed by atoms with Gasteiger partial charge in [0.05, 0.1) is 0 Å². The molecule has 1 amide bonds. The molecule has 1 aromatic carbocycles. The predicted molar refractivity (Wildman–Crippen MR) is 93.4 cm³/mol. The summed E-state index contributed by atoms with van der Waals surface area (Å²) in [4.78, 5) is 25.2. The highest BCUT2D eigenvalue weighted by Gasteiger charge is 2.30. The molecular formula is C17H17NO2S2. The van der Waals surface area contributed by atoms with Crippen LogP contribution < -0.4 is 4.90 Å². The van der Waals surface area contributed by atoms with Crippen LogP contribution in [0.1, 0.15) is 13.3 Å². The number of rotatable bonds is 4. The third kappa shape index (κ3) is 3.42. The lowest BCUT2D eigenvalue weighted by Crippen LogP contribution is -2.24. The largest absolute Gasteiger partial charge is 0.312 e. The maximum absolute atomic E-state index is 12.3. The van der Waals surface area contributed by atoms with Crippen LogP contribution in [0.3, 0.4) is 0 Å². The molecule has 2 heterocycles. The Morgan fingerprint density at radius 2 is 2.23 bits per heavy atom. The maximum Gasteiger partial charge on any atom is 0.227 e. The molecule has 1 unspecified atom stereocenters. The van der Waals surface area contributed by atoms with E-state index in [1.807, 2.05) is 17.0 Å². The van der Waals surface area contributed by atoms with Gasteiger partial charge in [0.15, 0.2) is 5.12 Å². The van der Waals surface area contributed by atoms with E-state index in [9.17, 15) is 9.59 Å². The Morgan fingerprint density at radius 1 is 1.36 bits per heavy atom. The molecule has 0 spiro atoms. The molecule has 5 heteroatoms. The Bertz CT molecular complexity index is 682. The van der Waals surface area contributed by atoms with Crippen LogP contribution in [0.25, 0.3) is 11.1 Å². The van der Waals surface area contributed by atoms with Crippen molar-refractivity contribution < 1.29 is 9.59 Å². The molecule has 114 valence electrons. The molecule has 22 heavy (non-hydrogen) atoms. The number of hydrogen-bond acceptors (Lipinski definition) is 4. The van der Waals surface area contributed by atoms with Crippen molar-refractivity contribution in [3.63, 3.8) is 0 Å².